The molecule has 0 saturated heterocycles. The first-order chi connectivity index (χ1) is 11.7. The van der Waals surface area contributed by atoms with Gasteiger partial charge in [-0.1, -0.05) is 18.7 Å². The van der Waals surface area contributed by atoms with Crippen LogP contribution in [0.1, 0.15) is 42.2 Å². The van der Waals surface area contributed by atoms with Crippen molar-refractivity contribution >= 4 is 34.0 Å². The van der Waals surface area contributed by atoms with Crippen molar-refractivity contribution in [2.75, 3.05) is 5.32 Å². The van der Waals surface area contributed by atoms with E-state index in [-0.39, 0.29) is 11.2 Å². The summed E-state index contributed by atoms with van der Waals surface area (Å²) in [5.41, 5.74) is 1.79. The van der Waals surface area contributed by atoms with Crippen LogP contribution in [-0.2, 0) is 17.6 Å². The van der Waals surface area contributed by atoms with Gasteiger partial charge in [-0.2, -0.15) is 5.26 Å². The van der Waals surface area contributed by atoms with E-state index in [9.17, 15) is 10.1 Å². The van der Waals surface area contributed by atoms with Gasteiger partial charge in [-0.15, -0.1) is 11.3 Å². The van der Waals surface area contributed by atoms with Crippen molar-refractivity contribution in [1.82, 2.24) is 9.97 Å². The molecule has 5 nitrogen and oxygen atoms in total. The van der Waals surface area contributed by atoms with E-state index in [0.29, 0.717) is 22.1 Å². The van der Waals surface area contributed by atoms with Crippen LogP contribution in [0.25, 0.3) is 0 Å². The Labute approximate surface area is 149 Å². The monoisotopic (exact) mass is 358 g/mol. The van der Waals surface area contributed by atoms with Gasteiger partial charge in [-0.05, 0) is 43.7 Å². The number of nitrogens with zero attached hydrogens (tertiary/aromatic N) is 3. The number of fused-ring (bicyclic) bond motifs is 1. The van der Waals surface area contributed by atoms with Crippen molar-refractivity contribution in [3.05, 3.63) is 34.5 Å². The number of aromatic nitrogens is 2. The molecule has 1 amide bonds. The van der Waals surface area contributed by atoms with E-state index in [4.69, 9.17) is 0 Å². The van der Waals surface area contributed by atoms with Gasteiger partial charge in [-0.25, -0.2) is 9.97 Å². The molecule has 0 fully saturated rings. The molecule has 1 atom stereocenters. The lowest BCUT2D eigenvalue weighted by Crippen LogP contribution is -2.24. The van der Waals surface area contributed by atoms with E-state index in [0.717, 1.165) is 31.2 Å². The highest BCUT2D eigenvalue weighted by Gasteiger charge is 2.25. The van der Waals surface area contributed by atoms with E-state index in [1.165, 1.54) is 16.6 Å². The van der Waals surface area contributed by atoms with E-state index < -0.39 is 0 Å². The second-order valence-electron chi connectivity index (χ2n) is 5.56. The van der Waals surface area contributed by atoms with Gasteiger partial charge in [-0.3, -0.25) is 4.79 Å². The summed E-state index contributed by atoms with van der Waals surface area (Å²) < 4.78 is 0. The molecule has 2 aromatic heterocycles. The van der Waals surface area contributed by atoms with Gasteiger partial charge >= 0.3 is 0 Å². The maximum Gasteiger partial charge on any atom is 0.238 e. The molecule has 1 unspecified atom stereocenters. The molecule has 0 spiro atoms. The Hall–Kier alpha value is -1.91. The second-order valence-corrected chi connectivity index (χ2v) is 7.84. The molecule has 0 saturated carbocycles. The summed E-state index contributed by atoms with van der Waals surface area (Å²) in [5, 5.41) is 13.5. The summed E-state index contributed by atoms with van der Waals surface area (Å²) >= 11 is 2.91. The standard InChI is InChI=1S/C17H18N4OS2/c1-2-13(24-17-19-8-5-9-20-17)15(22)21-16-12(10-18)11-6-3-4-7-14(11)23-16/h5,8-9,13H,2-4,6-7H2,1H3,(H,21,22). The maximum atomic E-state index is 12.6. The van der Waals surface area contributed by atoms with Crippen LogP contribution in [0.4, 0.5) is 5.00 Å². The van der Waals surface area contributed by atoms with Crippen LogP contribution in [0.3, 0.4) is 0 Å². The minimum absolute atomic E-state index is 0.0925. The highest BCUT2D eigenvalue weighted by atomic mass is 32.2. The normalized spacial score (nSPS) is 14.5. The lowest BCUT2D eigenvalue weighted by atomic mass is 9.96. The Bertz CT molecular complexity index is 767. The van der Waals surface area contributed by atoms with E-state index in [2.05, 4.69) is 21.4 Å². The van der Waals surface area contributed by atoms with E-state index >= 15 is 0 Å². The average molecular weight is 358 g/mol. The van der Waals surface area contributed by atoms with E-state index in [1.807, 2.05) is 6.92 Å². The van der Waals surface area contributed by atoms with Gasteiger partial charge in [0.2, 0.25) is 5.91 Å². The molecule has 2 aromatic rings. The Morgan fingerprint density at radius 3 is 2.88 bits per heavy atom. The minimum Gasteiger partial charge on any atom is -0.316 e. The number of rotatable bonds is 5. The van der Waals surface area contributed by atoms with Gasteiger partial charge in [0.15, 0.2) is 5.16 Å². The quantitative estimate of drug-likeness (QED) is 0.650. The fourth-order valence-corrected chi connectivity index (χ4v) is 4.83. The second kappa shape index (κ2) is 7.77. The summed E-state index contributed by atoms with van der Waals surface area (Å²) in [5.74, 6) is -0.0925. The van der Waals surface area contributed by atoms with Gasteiger partial charge in [0.05, 0.1) is 10.8 Å². The number of hydrogen-bond donors (Lipinski definition) is 1. The highest BCUT2D eigenvalue weighted by molar-refractivity contribution is 8.00. The molecule has 2 heterocycles. The Morgan fingerprint density at radius 2 is 2.17 bits per heavy atom. The highest BCUT2D eigenvalue weighted by Crippen LogP contribution is 2.38. The number of thiophene rings is 1. The van der Waals surface area contributed by atoms with Crippen LogP contribution in [0.15, 0.2) is 23.6 Å². The van der Waals surface area contributed by atoms with Crippen LogP contribution in [0, 0.1) is 11.3 Å². The lowest BCUT2D eigenvalue weighted by Gasteiger charge is -2.13. The molecule has 1 aliphatic carbocycles. The number of aryl methyl sites for hydroxylation is 1. The first-order valence-corrected chi connectivity index (χ1v) is 9.71. The number of anilines is 1. The van der Waals surface area contributed by atoms with Crippen LogP contribution in [0.5, 0.6) is 0 Å². The number of carbonyl (C=O) groups excluding carboxylic acids is 1. The smallest absolute Gasteiger partial charge is 0.238 e. The molecule has 7 heteroatoms. The average Bonchev–Trinajstić information content (AvgIpc) is 2.97. The third-order valence-corrected chi connectivity index (χ3v) is 6.43. The fourth-order valence-electron chi connectivity index (χ4n) is 2.76. The van der Waals surface area contributed by atoms with Gasteiger partial charge in [0.25, 0.3) is 0 Å². The lowest BCUT2D eigenvalue weighted by molar-refractivity contribution is -0.115. The maximum absolute atomic E-state index is 12.6. The summed E-state index contributed by atoms with van der Waals surface area (Å²) in [6.07, 6.45) is 8.22. The summed E-state index contributed by atoms with van der Waals surface area (Å²) in [6, 6.07) is 4.03. The number of hydrogen-bond acceptors (Lipinski definition) is 6. The summed E-state index contributed by atoms with van der Waals surface area (Å²) in [4.78, 5) is 22.2. The van der Waals surface area contributed by atoms with Crippen molar-refractivity contribution < 1.29 is 4.79 Å². The summed E-state index contributed by atoms with van der Waals surface area (Å²) in [7, 11) is 0. The Balaban J connectivity index is 1.76. The Kier molecular flexibility index (Phi) is 5.48. The molecule has 3 rings (SSSR count). The Morgan fingerprint density at radius 1 is 1.42 bits per heavy atom. The predicted molar refractivity (Wildman–Crippen MR) is 96.3 cm³/mol. The van der Waals surface area contributed by atoms with Gasteiger partial charge in [0, 0.05) is 17.3 Å². The van der Waals surface area contributed by atoms with Crippen molar-refractivity contribution in [3.8, 4) is 6.07 Å². The molecule has 0 radical (unpaired) electrons. The zero-order chi connectivity index (χ0) is 16.9. The van der Waals surface area contributed by atoms with E-state index in [1.54, 1.807) is 29.8 Å². The first kappa shape index (κ1) is 16.9. The molecule has 0 aliphatic heterocycles. The third-order valence-electron chi connectivity index (χ3n) is 3.97. The number of nitrogens with one attached hydrogen (secondary N) is 1. The van der Waals surface area contributed by atoms with Crippen LogP contribution < -0.4 is 5.32 Å². The SMILES string of the molecule is CCC(Sc1ncccn1)C(=O)Nc1sc2c(c1C#N)CCCC2. The van der Waals surface area contributed by atoms with Gasteiger partial charge in [0.1, 0.15) is 11.1 Å². The molecule has 1 aliphatic rings. The number of nitriles is 1. The van der Waals surface area contributed by atoms with Gasteiger partial charge < -0.3 is 5.32 Å². The van der Waals surface area contributed by atoms with Crippen molar-refractivity contribution in [3.63, 3.8) is 0 Å². The largest absolute Gasteiger partial charge is 0.316 e. The fraction of sp³-hybridized carbons (Fsp3) is 0.412. The topological polar surface area (TPSA) is 78.7 Å². The van der Waals surface area contributed by atoms with Crippen LogP contribution in [0.2, 0.25) is 0 Å². The molecule has 0 bridgehead atoms. The summed E-state index contributed by atoms with van der Waals surface area (Å²) in [6.45, 7) is 1.96. The number of amides is 1. The van der Waals surface area contributed by atoms with Crippen LogP contribution >= 0.6 is 23.1 Å². The number of carbonyl (C=O) groups is 1. The number of thioether (sulfide) groups is 1. The molecule has 0 aromatic carbocycles. The van der Waals surface area contributed by atoms with Crippen molar-refractivity contribution in [1.29, 1.82) is 5.26 Å². The minimum atomic E-state index is -0.280. The zero-order valence-corrected chi connectivity index (χ0v) is 15.0. The molecule has 1 N–H and O–H groups in total. The molecular formula is C17H18N4OS2. The predicted octanol–water partition coefficient (Wildman–Crippen LogP) is 3.80. The zero-order valence-electron chi connectivity index (χ0n) is 13.4. The van der Waals surface area contributed by atoms with Crippen molar-refractivity contribution in [2.45, 2.75) is 49.4 Å². The van der Waals surface area contributed by atoms with Crippen molar-refractivity contribution in [2.24, 2.45) is 0 Å². The molecule has 124 valence electrons. The van der Waals surface area contributed by atoms with Crippen LogP contribution in [-0.4, -0.2) is 21.1 Å². The third kappa shape index (κ3) is 3.60. The molecule has 24 heavy (non-hydrogen) atoms. The first-order valence-electron chi connectivity index (χ1n) is 8.02. The molecular weight excluding hydrogens is 340 g/mol.